The molecule has 0 radical (unpaired) electrons. The molecule has 4 aromatic rings. The zero-order valence-electron chi connectivity index (χ0n) is 14.4. The molecule has 0 spiro atoms. The standard InChI is InChI=1S/C19H15FN4O2S/c1-2-16-22-17(26-23-16)11-27-19-21-14-9-5-3-7-12(14)18(25)24(19)15-10-6-4-8-13(15)20/h3-10H,2,11H2,1H3. The van der Waals surface area contributed by atoms with E-state index in [4.69, 9.17) is 4.52 Å². The number of hydrogen-bond donors (Lipinski definition) is 0. The fraction of sp³-hybridized carbons (Fsp3) is 0.158. The summed E-state index contributed by atoms with van der Waals surface area (Å²) in [5.74, 6) is 0.874. The van der Waals surface area contributed by atoms with Crippen LogP contribution in [0.3, 0.4) is 0 Å². The number of aryl methyl sites for hydroxylation is 1. The summed E-state index contributed by atoms with van der Waals surface area (Å²) in [4.78, 5) is 21.9. The quantitative estimate of drug-likeness (QED) is 0.386. The van der Waals surface area contributed by atoms with Crippen LogP contribution < -0.4 is 5.56 Å². The van der Waals surface area contributed by atoms with Crippen molar-refractivity contribution in [3.8, 4) is 5.69 Å². The minimum absolute atomic E-state index is 0.156. The molecule has 4 rings (SSSR count). The molecule has 0 fully saturated rings. The highest BCUT2D eigenvalue weighted by Gasteiger charge is 2.17. The van der Waals surface area contributed by atoms with Crippen LogP contribution in [0.1, 0.15) is 18.6 Å². The van der Waals surface area contributed by atoms with Crippen molar-refractivity contribution in [3.05, 3.63) is 76.4 Å². The number of hydrogen-bond acceptors (Lipinski definition) is 6. The van der Waals surface area contributed by atoms with E-state index in [1.807, 2.05) is 13.0 Å². The predicted octanol–water partition coefficient (Wildman–Crippen LogP) is 3.76. The lowest BCUT2D eigenvalue weighted by Crippen LogP contribution is -2.22. The minimum Gasteiger partial charge on any atom is -0.338 e. The average molecular weight is 382 g/mol. The summed E-state index contributed by atoms with van der Waals surface area (Å²) in [5.41, 5.74) is 0.383. The Hall–Kier alpha value is -3.00. The second-order valence-electron chi connectivity index (χ2n) is 5.75. The van der Waals surface area contributed by atoms with Gasteiger partial charge in [-0.3, -0.25) is 9.36 Å². The van der Waals surface area contributed by atoms with Crippen LogP contribution in [0.4, 0.5) is 4.39 Å². The molecule has 2 heterocycles. The van der Waals surface area contributed by atoms with Gasteiger partial charge in [0.1, 0.15) is 5.82 Å². The first-order valence-corrected chi connectivity index (χ1v) is 9.37. The number of halogens is 1. The first-order valence-electron chi connectivity index (χ1n) is 8.38. The Bertz CT molecular complexity index is 1170. The number of para-hydroxylation sites is 2. The Balaban J connectivity index is 1.83. The first-order chi connectivity index (χ1) is 13.2. The Morgan fingerprint density at radius 3 is 2.67 bits per heavy atom. The van der Waals surface area contributed by atoms with Crippen LogP contribution >= 0.6 is 11.8 Å². The van der Waals surface area contributed by atoms with Gasteiger partial charge in [-0.05, 0) is 24.3 Å². The topological polar surface area (TPSA) is 73.8 Å². The molecule has 0 saturated carbocycles. The molecule has 27 heavy (non-hydrogen) atoms. The number of thioether (sulfide) groups is 1. The van der Waals surface area contributed by atoms with Gasteiger partial charge in [0.25, 0.3) is 5.56 Å². The second kappa shape index (κ2) is 7.32. The van der Waals surface area contributed by atoms with Crippen LogP contribution in [-0.4, -0.2) is 19.7 Å². The largest absolute Gasteiger partial charge is 0.338 e. The normalized spacial score (nSPS) is 11.2. The lowest BCUT2D eigenvalue weighted by molar-refractivity contribution is 0.385. The van der Waals surface area contributed by atoms with Gasteiger partial charge in [0, 0.05) is 6.42 Å². The molecule has 0 bridgehead atoms. The van der Waals surface area contributed by atoms with Gasteiger partial charge in [-0.1, -0.05) is 48.1 Å². The average Bonchev–Trinajstić information content (AvgIpc) is 3.16. The molecule has 0 unspecified atom stereocenters. The van der Waals surface area contributed by atoms with Gasteiger partial charge in [0.05, 0.1) is 22.3 Å². The van der Waals surface area contributed by atoms with Crippen LogP contribution in [0.25, 0.3) is 16.6 Å². The SMILES string of the molecule is CCc1noc(CSc2nc3ccccc3c(=O)n2-c2ccccc2F)n1. The molecule has 0 aliphatic rings. The van der Waals surface area contributed by atoms with E-state index >= 15 is 0 Å². The molecule has 0 aliphatic heterocycles. The Kier molecular flexibility index (Phi) is 4.72. The molecule has 0 amide bonds. The third-order valence-electron chi connectivity index (χ3n) is 3.99. The number of rotatable bonds is 5. The molecule has 0 atom stereocenters. The minimum atomic E-state index is -0.496. The van der Waals surface area contributed by atoms with Crippen LogP contribution in [0.2, 0.25) is 0 Å². The molecule has 0 saturated heterocycles. The van der Waals surface area contributed by atoms with Gasteiger partial charge in [0.15, 0.2) is 11.0 Å². The Morgan fingerprint density at radius 2 is 1.89 bits per heavy atom. The summed E-state index contributed by atoms with van der Waals surface area (Å²) < 4.78 is 20.9. The summed E-state index contributed by atoms with van der Waals surface area (Å²) in [7, 11) is 0. The van der Waals surface area contributed by atoms with E-state index in [1.54, 1.807) is 36.4 Å². The Labute approximate surface area is 158 Å². The van der Waals surface area contributed by atoms with E-state index in [1.165, 1.54) is 22.4 Å². The van der Waals surface area contributed by atoms with E-state index in [0.29, 0.717) is 39.9 Å². The molecule has 2 aromatic heterocycles. The number of fused-ring (bicyclic) bond motifs is 1. The van der Waals surface area contributed by atoms with E-state index in [9.17, 15) is 9.18 Å². The van der Waals surface area contributed by atoms with Gasteiger partial charge >= 0.3 is 0 Å². The third kappa shape index (κ3) is 3.35. The van der Waals surface area contributed by atoms with E-state index in [2.05, 4.69) is 15.1 Å². The fourth-order valence-corrected chi connectivity index (χ4v) is 3.52. The van der Waals surface area contributed by atoms with Crippen LogP contribution in [-0.2, 0) is 12.2 Å². The monoisotopic (exact) mass is 382 g/mol. The third-order valence-corrected chi connectivity index (χ3v) is 4.91. The molecular formula is C19H15FN4O2S. The molecule has 0 N–H and O–H groups in total. The van der Waals surface area contributed by atoms with Crippen molar-refractivity contribution >= 4 is 22.7 Å². The lowest BCUT2D eigenvalue weighted by Gasteiger charge is -2.13. The maximum Gasteiger partial charge on any atom is 0.266 e. The van der Waals surface area contributed by atoms with Gasteiger partial charge in [-0.25, -0.2) is 9.37 Å². The maximum absolute atomic E-state index is 14.4. The molecule has 0 aliphatic carbocycles. The van der Waals surface area contributed by atoms with E-state index in [0.717, 1.165) is 0 Å². The van der Waals surface area contributed by atoms with Gasteiger partial charge in [-0.15, -0.1) is 0 Å². The molecule has 6 nitrogen and oxygen atoms in total. The highest BCUT2D eigenvalue weighted by atomic mass is 32.2. The van der Waals surface area contributed by atoms with E-state index < -0.39 is 5.82 Å². The van der Waals surface area contributed by atoms with E-state index in [-0.39, 0.29) is 11.2 Å². The highest BCUT2D eigenvalue weighted by Crippen LogP contribution is 2.25. The van der Waals surface area contributed by atoms with Gasteiger partial charge in [0.2, 0.25) is 5.89 Å². The zero-order chi connectivity index (χ0) is 18.8. The van der Waals surface area contributed by atoms with Crippen LogP contribution in [0, 0.1) is 5.82 Å². The van der Waals surface area contributed by atoms with Crippen molar-refractivity contribution in [2.24, 2.45) is 0 Å². The smallest absolute Gasteiger partial charge is 0.266 e. The van der Waals surface area contributed by atoms with Gasteiger partial charge < -0.3 is 4.52 Å². The number of nitrogens with zero attached hydrogens (tertiary/aromatic N) is 4. The molecular weight excluding hydrogens is 367 g/mol. The van der Waals surface area contributed by atoms with Crippen molar-refractivity contribution in [2.75, 3.05) is 0 Å². The molecule has 2 aromatic carbocycles. The summed E-state index contributed by atoms with van der Waals surface area (Å²) in [5, 5.41) is 4.65. The van der Waals surface area contributed by atoms with Crippen molar-refractivity contribution < 1.29 is 8.91 Å². The fourth-order valence-electron chi connectivity index (χ4n) is 2.67. The Morgan fingerprint density at radius 1 is 1.11 bits per heavy atom. The van der Waals surface area contributed by atoms with Crippen LogP contribution in [0.15, 0.2) is 63.0 Å². The van der Waals surface area contributed by atoms with Crippen molar-refractivity contribution in [3.63, 3.8) is 0 Å². The predicted molar refractivity (Wildman–Crippen MR) is 101 cm³/mol. The number of benzene rings is 2. The van der Waals surface area contributed by atoms with Crippen LogP contribution in [0.5, 0.6) is 0 Å². The summed E-state index contributed by atoms with van der Waals surface area (Å²) in [6.45, 7) is 1.93. The summed E-state index contributed by atoms with van der Waals surface area (Å²) >= 11 is 1.25. The second-order valence-corrected chi connectivity index (χ2v) is 6.69. The lowest BCUT2D eigenvalue weighted by atomic mass is 10.2. The maximum atomic E-state index is 14.4. The van der Waals surface area contributed by atoms with Crippen molar-refractivity contribution in [1.82, 2.24) is 19.7 Å². The molecule has 136 valence electrons. The summed E-state index contributed by atoms with van der Waals surface area (Å²) in [6.07, 6.45) is 0.669. The summed E-state index contributed by atoms with van der Waals surface area (Å²) in [6, 6.07) is 13.1. The van der Waals surface area contributed by atoms with Crippen molar-refractivity contribution in [1.29, 1.82) is 0 Å². The zero-order valence-corrected chi connectivity index (χ0v) is 15.2. The molecule has 8 heteroatoms. The van der Waals surface area contributed by atoms with Crippen molar-refractivity contribution in [2.45, 2.75) is 24.3 Å². The van der Waals surface area contributed by atoms with Gasteiger partial charge in [-0.2, -0.15) is 4.98 Å². The first kappa shape index (κ1) is 17.4. The highest BCUT2D eigenvalue weighted by molar-refractivity contribution is 7.98. The number of aromatic nitrogens is 4.